The number of hydrogen-bond acceptors (Lipinski definition) is 4. The van der Waals surface area contributed by atoms with Gasteiger partial charge in [0.05, 0.1) is 6.42 Å². The van der Waals surface area contributed by atoms with Crippen LogP contribution in [-0.2, 0) is 11.2 Å². The first-order valence-corrected chi connectivity index (χ1v) is 6.53. The molecule has 0 unspecified atom stereocenters. The van der Waals surface area contributed by atoms with Crippen molar-refractivity contribution in [2.75, 3.05) is 5.32 Å². The first-order valence-electron chi connectivity index (χ1n) is 5.65. The maximum absolute atomic E-state index is 11.8. The van der Waals surface area contributed by atoms with Crippen molar-refractivity contribution in [2.24, 2.45) is 5.73 Å². The number of thiazole rings is 1. The van der Waals surface area contributed by atoms with Gasteiger partial charge in [-0.2, -0.15) is 0 Å². The smallest absolute Gasteiger partial charge is 0.248 e. The third kappa shape index (κ3) is 3.62. The zero-order chi connectivity index (χ0) is 13.8. The van der Waals surface area contributed by atoms with Crippen LogP contribution in [0.1, 0.15) is 21.1 Å². The maximum Gasteiger partial charge on any atom is 0.248 e. The number of carbonyl (C=O) groups is 2. The molecule has 0 saturated carbocycles. The van der Waals surface area contributed by atoms with Gasteiger partial charge < -0.3 is 11.1 Å². The van der Waals surface area contributed by atoms with E-state index in [4.69, 9.17) is 5.73 Å². The van der Waals surface area contributed by atoms with Crippen molar-refractivity contribution >= 4 is 28.8 Å². The molecule has 5 nitrogen and oxygen atoms in total. The van der Waals surface area contributed by atoms with E-state index in [0.717, 1.165) is 10.7 Å². The summed E-state index contributed by atoms with van der Waals surface area (Å²) >= 11 is 1.46. The number of nitrogens with zero attached hydrogens (tertiary/aromatic N) is 1. The quantitative estimate of drug-likeness (QED) is 0.891. The SMILES string of the molecule is Cc1csc(CC(=O)Nc2ccc(C(N)=O)cc2)n1. The highest BCUT2D eigenvalue weighted by Crippen LogP contribution is 2.12. The molecule has 1 heterocycles. The monoisotopic (exact) mass is 275 g/mol. The van der Waals surface area contributed by atoms with Gasteiger partial charge in [-0.05, 0) is 31.2 Å². The molecule has 2 aromatic rings. The molecular formula is C13H13N3O2S. The molecule has 0 aliphatic rings. The Morgan fingerprint density at radius 3 is 2.53 bits per heavy atom. The number of rotatable bonds is 4. The average Bonchev–Trinajstić information content (AvgIpc) is 2.75. The van der Waals surface area contributed by atoms with E-state index < -0.39 is 5.91 Å². The van der Waals surface area contributed by atoms with Crippen LogP contribution < -0.4 is 11.1 Å². The first-order chi connectivity index (χ1) is 9.04. The van der Waals surface area contributed by atoms with Gasteiger partial charge in [0.15, 0.2) is 0 Å². The van der Waals surface area contributed by atoms with Crippen molar-refractivity contribution in [3.63, 3.8) is 0 Å². The van der Waals surface area contributed by atoms with Crippen LogP contribution in [0.4, 0.5) is 5.69 Å². The molecule has 0 aliphatic heterocycles. The lowest BCUT2D eigenvalue weighted by Gasteiger charge is -2.04. The molecule has 0 aliphatic carbocycles. The predicted octanol–water partition coefficient (Wildman–Crippen LogP) is 1.73. The van der Waals surface area contributed by atoms with Crippen molar-refractivity contribution in [1.82, 2.24) is 4.98 Å². The largest absolute Gasteiger partial charge is 0.366 e. The summed E-state index contributed by atoms with van der Waals surface area (Å²) in [6.45, 7) is 1.89. The van der Waals surface area contributed by atoms with E-state index in [0.29, 0.717) is 11.3 Å². The zero-order valence-electron chi connectivity index (χ0n) is 10.3. The van der Waals surface area contributed by atoms with E-state index in [1.807, 2.05) is 12.3 Å². The second-order valence-electron chi connectivity index (χ2n) is 4.05. The fourth-order valence-corrected chi connectivity index (χ4v) is 2.31. The molecule has 0 fully saturated rings. The molecule has 6 heteroatoms. The summed E-state index contributed by atoms with van der Waals surface area (Å²) in [4.78, 5) is 26.9. The Labute approximate surface area is 114 Å². The Bertz CT molecular complexity index is 605. The summed E-state index contributed by atoms with van der Waals surface area (Å²) in [5.41, 5.74) is 7.09. The molecule has 98 valence electrons. The molecule has 1 aromatic heterocycles. The van der Waals surface area contributed by atoms with Gasteiger partial charge in [-0.1, -0.05) is 0 Å². The van der Waals surface area contributed by atoms with E-state index in [1.165, 1.54) is 11.3 Å². The second kappa shape index (κ2) is 5.62. The van der Waals surface area contributed by atoms with Crippen molar-refractivity contribution in [3.05, 3.63) is 45.9 Å². The summed E-state index contributed by atoms with van der Waals surface area (Å²) in [5, 5.41) is 5.43. The van der Waals surface area contributed by atoms with Gasteiger partial charge in [-0.25, -0.2) is 4.98 Å². The minimum absolute atomic E-state index is 0.138. The summed E-state index contributed by atoms with van der Waals surface area (Å²) < 4.78 is 0. The van der Waals surface area contributed by atoms with Crippen molar-refractivity contribution < 1.29 is 9.59 Å². The Hall–Kier alpha value is -2.21. The van der Waals surface area contributed by atoms with Gasteiger partial charge in [0, 0.05) is 22.3 Å². The van der Waals surface area contributed by atoms with E-state index in [1.54, 1.807) is 24.3 Å². The average molecular weight is 275 g/mol. The standard InChI is InChI=1S/C13H13N3O2S/c1-8-7-19-12(15-8)6-11(17)16-10-4-2-9(3-5-10)13(14)18/h2-5,7H,6H2,1H3,(H2,14,18)(H,16,17). The van der Waals surface area contributed by atoms with E-state index in [9.17, 15) is 9.59 Å². The molecular weight excluding hydrogens is 262 g/mol. The highest BCUT2D eigenvalue weighted by molar-refractivity contribution is 7.09. The maximum atomic E-state index is 11.8. The number of benzene rings is 1. The van der Waals surface area contributed by atoms with Gasteiger partial charge in [0.2, 0.25) is 11.8 Å². The number of aromatic nitrogens is 1. The lowest BCUT2D eigenvalue weighted by atomic mass is 10.2. The molecule has 0 spiro atoms. The van der Waals surface area contributed by atoms with Crippen LogP contribution in [0.5, 0.6) is 0 Å². The number of amides is 2. The first kappa shape index (κ1) is 13.2. The van der Waals surface area contributed by atoms with Crippen LogP contribution in [0.3, 0.4) is 0 Å². The number of hydrogen-bond donors (Lipinski definition) is 2. The van der Waals surface area contributed by atoms with E-state index in [-0.39, 0.29) is 12.3 Å². The number of nitrogens with one attached hydrogen (secondary N) is 1. The number of nitrogens with two attached hydrogens (primary N) is 1. The van der Waals surface area contributed by atoms with Crippen LogP contribution in [0.25, 0.3) is 0 Å². The number of aryl methyl sites for hydroxylation is 1. The Morgan fingerprint density at radius 1 is 1.32 bits per heavy atom. The number of anilines is 1. The number of carbonyl (C=O) groups excluding carboxylic acids is 2. The molecule has 0 radical (unpaired) electrons. The minimum atomic E-state index is -0.490. The third-order valence-electron chi connectivity index (χ3n) is 2.43. The van der Waals surface area contributed by atoms with Gasteiger partial charge in [-0.15, -0.1) is 11.3 Å². The lowest BCUT2D eigenvalue weighted by molar-refractivity contribution is -0.115. The summed E-state index contributed by atoms with van der Waals surface area (Å²) in [6.07, 6.45) is 0.246. The van der Waals surface area contributed by atoms with Crippen LogP contribution in [0.15, 0.2) is 29.6 Å². The second-order valence-corrected chi connectivity index (χ2v) is 4.99. The Balaban J connectivity index is 1.97. The molecule has 2 rings (SSSR count). The van der Waals surface area contributed by atoms with Gasteiger partial charge in [0.1, 0.15) is 5.01 Å². The van der Waals surface area contributed by atoms with Crippen LogP contribution in [-0.4, -0.2) is 16.8 Å². The van der Waals surface area contributed by atoms with Crippen LogP contribution in [0, 0.1) is 6.92 Å². The van der Waals surface area contributed by atoms with Crippen molar-refractivity contribution in [1.29, 1.82) is 0 Å². The Kier molecular flexibility index (Phi) is 3.91. The third-order valence-corrected chi connectivity index (χ3v) is 3.40. The molecule has 2 amide bonds. The summed E-state index contributed by atoms with van der Waals surface area (Å²) in [6, 6.07) is 6.44. The predicted molar refractivity (Wildman–Crippen MR) is 74.1 cm³/mol. The van der Waals surface area contributed by atoms with E-state index >= 15 is 0 Å². The van der Waals surface area contributed by atoms with Crippen LogP contribution in [0.2, 0.25) is 0 Å². The highest BCUT2D eigenvalue weighted by atomic mass is 32.1. The Morgan fingerprint density at radius 2 is 2.00 bits per heavy atom. The van der Waals surface area contributed by atoms with Gasteiger partial charge in [-0.3, -0.25) is 9.59 Å². The summed E-state index contributed by atoms with van der Waals surface area (Å²) in [5.74, 6) is -0.627. The van der Waals surface area contributed by atoms with Gasteiger partial charge >= 0.3 is 0 Å². The van der Waals surface area contributed by atoms with Gasteiger partial charge in [0.25, 0.3) is 0 Å². The summed E-state index contributed by atoms with van der Waals surface area (Å²) in [7, 11) is 0. The van der Waals surface area contributed by atoms with Crippen molar-refractivity contribution in [3.8, 4) is 0 Å². The highest BCUT2D eigenvalue weighted by Gasteiger charge is 2.07. The van der Waals surface area contributed by atoms with Crippen molar-refractivity contribution in [2.45, 2.75) is 13.3 Å². The number of primary amides is 1. The topological polar surface area (TPSA) is 85.1 Å². The lowest BCUT2D eigenvalue weighted by Crippen LogP contribution is -2.15. The molecule has 3 N–H and O–H groups in total. The fraction of sp³-hybridized carbons (Fsp3) is 0.154. The molecule has 0 saturated heterocycles. The molecule has 0 atom stereocenters. The zero-order valence-corrected chi connectivity index (χ0v) is 11.2. The molecule has 1 aromatic carbocycles. The van der Waals surface area contributed by atoms with E-state index in [2.05, 4.69) is 10.3 Å². The van der Waals surface area contributed by atoms with Crippen LogP contribution >= 0.6 is 11.3 Å². The molecule has 0 bridgehead atoms. The fourth-order valence-electron chi connectivity index (χ4n) is 1.54. The molecule has 19 heavy (non-hydrogen) atoms. The minimum Gasteiger partial charge on any atom is -0.366 e. The normalized spacial score (nSPS) is 10.2.